The Labute approximate surface area is 126 Å². The molecule has 5 heteroatoms. The van der Waals surface area contributed by atoms with Gasteiger partial charge in [0.15, 0.2) is 0 Å². The van der Waals surface area contributed by atoms with Crippen molar-refractivity contribution in [2.45, 2.75) is 19.6 Å². The Hall–Kier alpha value is -1.59. The monoisotopic (exact) mass is 292 g/mol. The zero-order valence-electron chi connectivity index (χ0n) is 13.0. The zero-order chi connectivity index (χ0) is 15.2. The third kappa shape index (κ3) is 4.72. The average molecular weight is 292 g/mol. The van der Waals surface area contributed by atoms with Crippen LogP contribution in [0.15, 0.2) is 24.3 Å². The molecule has 21 heavy (non-hydrogen) atoms. The summed E-state index contributed by atoms with van der Waals surface area (Å²) in [6.07, 6.45) is 0.207. The van der Waals surface area contributed by atoms with Gasteiger partial charge in [0.1, 0.15) is 5.75 Å². The molecule has 1 aliphatic heterocycles. The van der Waals surface area contributed by atoms with Gasteiger partial charge in [-0.1, -0.05) is 12.1 Å². The number of amides is 1. The van der Waals surface area contributed by atoms with Gasteiger partial charge in [-0.05, 0) is 24.6 Å². The first-order valence-corrected chi connectivity index (χ1v) is 7.29. The maximum atomic E-state index is 12.3. The Morgan fingerprint density at radius 2 is 2.14 bits per heavy atom. The first kappa shape index (κ1) is 15.8. The average Bonchev–Trinajstić information content (AvgIpc) is 2.48. The lowest BCUT2D eigenvalue weighted by molar-refractivity contribution is -0.133. The van der Waals surface area contributed by atoms with Crippen molar-refractivity contribution in [3.63, 3.8) is 0 Å². The molecule has 0 aromatic heterocycles. The largest absolute Gasteiger partial charge is 0.497 e. The van der Waals surface area contributed by atoms with Crippen LogP contribution in [0.25, 0.3) is 0 Å². The lowest BCUT2D eigenvalue weighted by atomic mass is 10.2. The molecule has 1 saturated heterocycles. The van der Waals surface area contributed by atoms with Crippen LogP contribution in [0.4, 0.5) is 0 Å². The second kappa shape index (κ2) is 7.43. The summed E-state index contributed by atoms with van der Waals surface area (Å²) in [4.78, 5) is 16.2. The normalized spacial score (nSPS) is 19.3. The molecule has 0 bridgehead atoms. The third-order valence-electron chi connectivity index (χ3n) is 3.69. The molecule has 1 atom stereocenters. The smallest absolute Gasteiger partial charge is 0.236 e. The molecule has 0 spiro atoms. The van der Waals surface area contributed by atoms with Crippen LogP contribution in [-0.2, 0) is 16.1 Å². The molecule has 1 aliphatic rings. The lowest BCUT2D eigenvalue weighted by Gasteiger charge is -2.31. The Bertz CT molecular complexity index is 461. The van der Waals surface area contributed by atoms with Crippen LogP contribution >= 0.6 is 0 Å². The maximum Gasteiger partial charge on any atom is 0.236 e. The van der Waals surface area contributed by atoms with E-state index in [0.29, 0.717) is 19.7 Å². The topological polar surface area (TPSA) is 42.0 Å². The molecule has 1 aromatic rings. The van der Waals surface area contributed by atoms with Crippen LogP contribution in [-0.4, -0.2) is 62.2 Å². The summed E-state index contributed by atoms with van der Waals surface area (Å²) in [5.74, 6) is 0.968. The van der Waals surface area contributed by atoms with Gasteiger partial charge in [-0.2, -0.15) is 0 Å². The number of hydrogen-bond donors (Lipinski definition) is 0. The highest BCUT2D eigenvalue weighted by Gasteiger charge is 2.20. The SMILES string of the molecule is COc1ccc(CN(C)C(=O)CN2CCOC(C)C2)cc1. The van der Waals surface area contributed by atoms with Crippen molar-refractivity contribution >= 4 is 5.91 Å². The van der Waals surface area contributed by atoms with Crippen molar-refractivity contribution in [2.24, 2.45) is 0 Å². The van der Waals surface area contributed by atoms with Gasteiger partial charge in [-0.3, -0.25) is 9.69 Å². The predicted octanol–water partition coefficient (Wildman–Crippen LogP) is 1.37. The van der Waals surface area contributed by atoms with Crippen LogP contribution in [0.3, 0.4) is 0 Å². The number of methoxy groups -OCH3 is 1. The second-order valence-electron chi connectivity index (χ2n) is 5.51. The second-order valence-corrected chi connectivity index (χ2v) is 5.51. The fraction of sp³-hybridized carbons (Fsp3) is 0.562. The molecule has 0 N–H and O–H groups in total. The van der Waals surface area contributed by atoms with E-state index in [4.69, 9.17) is 9.47 Å². The predicted molar refractivity (Wildman–Crippen MR) is 81.3 cm³/mol. The number of ether oxygens (including phenoxy) is 2. The molecule has 1 amide bonds. The number of nitrogens with zero attached hydrogens (tertiary/aromatic N) is 2. The van der Waals surface area contributed by atoms with Crippen molar-refractivity contribution in [1.29, 1.82) is 0 Å². The number of carbonyl (C=O) groups excluding carboxylic acids is 1. The van der Waals surface area contributed by atoms with E-state index in [-0.39, 0.29) is 12.0 Å². The van der Waals surface area contributed by atoms with Crippen molar-refractivity contribution in [1.82, 2.24) is 9.80 Å². The number of rotatable bonds is 5. The molecule has 0 radical (unpaired) electrons. The molecule has 0 saturated carbocycles. The summed E-state index contributed by atoms with van der Waals surface area (Å²) in [7, 11) is 3.49. The van der Waals surface area contributed by atoms with E-state index in [1.54, 1.807) is 12.0 Å². The van der Waals surface area contributed by atoms with E-state index in [9.17, 15) is 4.79 Å². The minimum absolute atomic E-state index is 0.139. The fourth-order valence-corrected chi connectivity index (χ4v) is 2.44. The molecule has 1 aromatic carbocycles. The number of morpholine rings is 1. The molecular formula is C16H24N2O3. The Morgan fingerprint density at radius 3 is 2.76 bits per heavy atom. The molecule has 116 valence electrons. The Kier molecular flexibility index (Phi) is 5.59. The summed E-state index contributed by atoms with van der Waals surface area (Å²) < 4.78 is 10.6. The van der Waals surface area contributed by atoms with Crippen LogP contribution in [0, 0.1) is 0 Å². The number of hydrogen-bond acceptors (Lipinski definition) is 4. The summed E-state index contributed by atoms with van der Waals surface area (Å²) >= 11 is 0. The standard InChI is InChI=1S/C16H24N2O3/c1-13-10-18(8-9-21-13)12-16(19)17(2)11-14-4-6-15(20-3)7-5-14/h4-7,13H,8-12H2,1-3H3. The summed E-state index contributed by atoms with van der Waals surface area (Å²) in [6.45, 7) is 5.46. The maximum absolute atomic E-state index is 12.3. The summed E-state index contributed by atoms with van der Waals surface area (Å²) in [5.41, 5.74) is 1.10. The molecular weight excluding hydrogens is 268 g/mol. The van der Waals surface area contributed by atoms with Gasteiger partial charge in [0.25, 0.3) is 0 Å². The third-order valence-corrected chi connectivity index (χ3v) is 3.69. The first-order valence-electron chi connectivity index (χ1n) is 7.29. The first-order chi connectivity index (χ1) is 10.1. The van der Waals surface area contributed by atoms with Gasteiger partial charge in [0, 0.05) is 26.7 Å². The van der Waals surface area contributed by atoms with Crippen LogP contribution in [0.5, 0.6) is 5.75 Å². The van der Waals surface area contributed by atoms with Gasteiger partial charge in [0.05, 0.1) is 26.4 Å². The molecule has 1 heterocycles. The highest BCUT2D eigenvalue weighted by Crippen LogP contribution is 2.13. The van der Waals surface area contributed by atoms with Crippen LogP contribution in [0.2, 0.25) is 0 Å². The van der Waals surface area contributed by atoms with Crippen LogP contribution < -0.4 is 4.74 Å². The van der Waals surface area contributed by atoms with Crippen molar-refractivity contribution in [3.8, 4) is 5.75 Å². The fourth-order valence-electron chi connectivity index (χ4n) is 2.44. The van der Waals surface area contributed by atoms with Gasteiger partial charge < -0.3 is 14.4 Å². The van der Waals surface area contributed by atoms with Gasteiger partial charge in [-0.15, -0.1) is 0 Å². The van der Waals surface area contributed by atoms with Gasteiger partial charge in [-0.25, -0.2) is 0 Å². The molecule has 2 rings (SSSR count). The molecule has 5 nitrogen and oxygen atoms in total. The number of likely N-dealkylation sites (N-methyl/N-ethyl adjacent to an activating group) is 1. The minimum atomic E-state index is 0.139. The van der Waals surface area contributed by atoms with E-state index in [2.05, 4.69) is 4.90 Å². The Morgan fingerprint density at radius 1 is 1.43 bits per heavy atom. The van der Waals surface area contributed by atoms with Gasteiger partial charge in [0.2, 0.25) is 5.91 Å². The van der Waals surface area contributed by atoms with Gasteiger partial charge >= 0.3 is 0 Å². The van der Waals surface area contributed by atoms with E-state index in [0.717, 1.165) is 24.4 Å². The van der Waals surface area contributed by atoms with E-state index < -0.39 is 0 Å². The summed E-state index contributed by atoms with van der Waals surface area (Å²) in [5, 5.41) is 0. The number of carbonyl (C=O) groups is 1. The van der Waals surface area contributed by atoms with E-state index in [1.165, 1.54) is 0 Å². The van der Waals surface area contributed by atoms with Crippen molar-refractivity contribution in [3.05, 3.63) is 29.8 Å². The number of benzene rings is 1. The Balaban J connectivity index is 1.83. The van der Waals surface area contributed by atoms with Crippen molar-refractivity contribution < 1.29 is 14.3 Å². The highest BCUT2D eigenvalue weighted by atomic mass is 16.5. The van der Waals surface area contributed by atoms with Crippen molar-refractivity contribution in [2.75, 3.05) is 40.4 Å². The minimum Gasteiger partial charge on any atom is -0.497 e. The van der Waals surface area contributed by atoms with E-state index >= 15 is 0 Å². The zero-order valence-corrected chi connectivity index (χ0v) is 13.0. The highest BCUT2D eigenvalue weighted by molar-refractivity contribution is 5.78. The quantitative estimate of drug-likeness (QED) is 0.822. The molecule has 1 fully saturated rings. The lowest BCUT2D eigenvalue weighted by Crippen LogP contribution is -2.46. The summed E-state index contributed by atoms with van der Waals surface area (Å²) in [6, 6.07) is 7.80. The molecule has 1 unspecified atom stereocenters. The van der Waals surface area contributed by atoms with Crippen LogP contribution in [0.1, 0.15) is 12.5 Å². The molecule has 0 aliphatic carbocycles. The van der Waals surface area contributed by atoms with E-state index in [1.807, 2.05) is 38.2 Å².